The molecule has 2 heterocycles. The van der Waals surface area contributed by atoms with Gasteiger partial charge >= 0.3 is 0 Å². The third kappa shape index (κ3) is 2.72. The van der Waals surface area contributed by atoms with Gasteiger partial charge in [-0.15, -0.1) is 0 Å². The lowest BCUT2D eigenvalue weighted by molar-refractivity contribution is 1.05. The van der Waals surface area contributed by atoms with E-state index in [-0.39, 0.29) is 0 Å². The van der Waals surface area contributed by atoms with Gasteiger partial charge in [0.1, 0.15) is 18.0 Å². The van der Waals surface area contributed by atoms with E-state index in [9.17, 15) is 0 Å². The molecule has 0 aromatic carbocycles. The molecule has 0 aliphatic rings. The fourth-order valence-electron chi connectivity index (χ4n) is 1.34. The van der Waals surface area contributed by atoms with Crippen LogP contribution in [-0.4, -0.2) is 22.0 Å². The summed E-state index contributed by atoms with van der Waals surface area (Å²) >= 11 is 0. The van der Waals surface area contributed by atoms with Gasteiger partial charge in [-0.1, -0.05) is 0 Å². The molecule has 0 fully saturated rings. The van der Waals surface area contributed by atoms with Gasteiger partial charge in [-0.25, -0.2) is 9.97 Å². The van der Waals surface area contributed by atoms with Gasteiger partial charge in [0.25, 0.3) is 0 Å². The van der Waals surface area contributed by atoms with Gasteiger partial charge in [-0.3, -0.25) is 4.90 Å². The van der Waals surface area contributed by atoms with Crippen LogP contribution >= 0.6 is 0 Å². The second kappa shape index (κ2) is 4.99. The largest absolute Gasteiger partial charge is 0.367 e. The van der Waals surface area contributed by atoms with Crippen molar-refractivity contribution in [2.45, 2.75) is 6.54 Å². The lowest BCUT2D eigenvalue weighted by Crippen LogP contribution is -2.11. The van der Waals surface area contributed by atoms with E-state index in [2.05, 4.69) is 20.3 Å². The van der Waals surface area contributed by atoms with Crippen LogP contribution in [0.1, 0.15) is 5.56 Å². The Kier molecular flexibility index (Phi) is 3.21. The van der Waals surface area contributed by atoms with E-state index in [0.717, 1.165) is 5.56 Å². The standard InChI is InChI=1S/C11H12N6/c1-17(7-12)11-4-10(15-8-16-11)14-6-9-2-3-13-5-9/h2-5,8,13H,6H2,1H3,(H,14,15,16). The molecule has 2 rings (SSSR count). The molecule has 2 aromatic heterocycles. The molecule has 0 aliphatic carbocycles. The highest BCUT2D eigenvalue weighted by Gasteiger charge is 2.02. The monoisotopic (exact) mass is 228 g/mol. The van der Waals surface area contributed by atoms with Gasteiger partial charge in [0.05, 0.1) is 0 Å². The second-order valence-electron chi connectivity index (χ2n) is 3.49. The zero-order valence-corrected chi connectivity index (χ0v) is 9.38. The molecule has 2 aromatic rings. The smallest absolute Gasteiger partial charge is 0.185 e. The molecule has 86 valence electrons. The quantitative estimate of drug-likeness (QED) is 0.609. The van der Waals surface area contributed by atoms with Crippen LogP contribution in [0, 0.1) is 11.5 Å². The van der Waals surface area contributed by atoms with Crippen molar-refractivity contribution in [2.75, 3.05) is 17.3 Å². The van der Waals surface area contributed by atoms with Crippen LogP contribution in [0.15, 0.2) is 30.9 Å². The van der Waals surface area contributed by atoms with E-state index in [0.29, 0.717) is 18.2 Å². The van der Waals surface area contributed by atoms with Crippen molar-refractivity contribution in [3.05, 3.63) is 36.4 Å². The highest BCUT2D eigenvalue weighted by molar-refractivity contribution is 5.50. The Hall–Kier alpha value is -2.55. The SMILES string of the molecule is CN(C#N)c1cc(NCc2cc[nH]c2)ncn1. The van der Waals surface area contributed by atoms with Crippen molar-refractivity contribution in [2.24, 2.45) is 0 Å². The topological polar surface area (TPSA) is 80.6 Å². The first-order valence-corrected chi connectivity index (χ1v) is 5.10. The number of nitrogens with one attached hydrogen (secondary N) is 2. The number of nitriles is 1. The normalized spacial score (nSPS) is 9.65. The minimum absolute atomic E-state index is 0.569. The molecule has 0 saturated heterocycles. The van der Waals surface area contributed by atoms with Crippen molar-refractivity contribution in [3.8, 4) is 6.19 Å². The fourth-order valence-corrected chi connectivity index (χ4v) is 1.34. The molecule has 0 amide bonds. The van der Waals surface area contributed by atoms with Gasteiger partial charge in [0.15, 0.2) is 6.19 Å². The van der Waals surface area contributed by atoms with Crippen LogP contribution in [0.5, 0.6) is 0 Å². The molecule has 6 heteroatoms. The molecule has 0 radical (unpaired) electrons. The Labute approximate surface area is 98.9 Å². The first kappa shape index (κ1) is 11.0. The zero-order chi connectivity index (χ0) is 12.1. The van der Waals surface area contributed by atoms with E-state index < -0.39 is 0 Å². The number of rotatable bonds is 4. The first-order valence-electron chi connectivity index (χ1n) is 5.10. The van der Waals surface area contributed by atoms with Crippen LogP contribution < -0.4 is 10.2 Å². The lowest BCUT2D eigenvalue weighted by atomic mass is 10.3. The number of anilines is 2. The van der Waals surface area contributed by atoms with E-state index in [1.807, 2.05) is 24.7 Å². The molecule has 6 nitrogen and oxygen atoms in total. The number of nitrogens with zero attached hydrogens (tertiary/aromatic N) is 4. The fraction of sp³-hybridized carbons (Fsp3) is 0.182. The van der Waals surface area contributed by atoms with Gasteiger partial charge in [-0.2, -0.15) is 5.26 Å². The molecule has 2 N–H and O–H groups in total. The Morgan fingerprint density at radius 2 is 2.41 bits per heavy atom. The van der Waals surface area contributed by atoms with Crippen LogP contribution in [0.3, 0.4) is 0 Å². The summed E-state index contributed by atoms with van der Waals surface area (Å²) in [6, 6.07) is 3.71. The third-order valence-corrected chi connectivity index (χ3v) is 2.28. The predicted octanol–water partition coefficient (Wildman–Crippen LogP) is 1.33. The zero-order valence-electron chi connectivity index (χ0n) is 9.38. The Balaban J connectivity index is 2.04. The van der Waals surface area contributed by atoms with Crippen molar-refractivity contribution in [1.82, 2.24) is 15.0 Å². The summed E-state index contributed by atoms with van der Waals surface area (Å²) in [5.74, 6) is 1.26. The molecular weight excluding hydrogens is 216 g/mol. The highest BCUT2D eigenvalue weighted by atomic mass is 15.2. The molecule has 0 saturated carbocycles. The van der Waals surface area contributed by atoms with Gasteiger partial charge in [-0.05, 0) is 11.6 Å². The summed E-state index contributed by atoms with van der Waals surface area (Å²) in [7, 11) is 1.65. The summed E-state index contributed by atoms with van der Waals surface area (Å²) in [6.07, 6.45) is 7.20. The number of H-pyrrole nitrogens is 1. The predicted molar refractivity (Wildman–Crippen MR) is 64.2 cm³/mol. The van der Waals surface area contributed by atoms with Crippen molar-refractivity contribution >= 4 is 11.6 Å². The average molecular weight is 228 g/mol. The number of hydrogen-bond donors (Lipinski definition) is 2. The second-order valence-corrected chi connectivity index (χ2v) is 3.49. The minimum Gasteiger partial charge on any atom is -0.367 e. The van der Waals surface area contributed by atoms with Gasteiger partial charge in [0, 0.05) is 32.1 Å². The van der Waals surface area contributed by atoms with Crippen LogP contribution in [0.4, 0.5) is 11.6 Å². The lowest BCUT2D eigenvalue weighted by Gasteiger charge is -2.09. The molecule has 0 aliphatic heterocycles. The van der Waals surface area contributed by atoms with E-state index in [4.69, 9.17) is 5.26 Å². The Bertz CT molecular complexity index is 513. The highest BCUT2D eigenvalue weighted by Crippen LogP contribution is 2.12. The Morgan fingerprint density at radius 3 is 3.12 bits per heavy atom. The molecule has 0 bridgehead atoms. The maximum Gasteiger partial charge on any atom is 0.185 e. The number of aromatic nitrogens is 3. The van der Waals surface area contributed by atoms with Crippen LogP contribution in [0.25, 0.3) is 0 Å². The molecule has 17 heavy (non-hydrogen) atoms. The summed E-state index contributed by atoms with van der Waals surface area (Å²) in [4.78, 5) is 12.4. The summed E-state index contributed by atoms with van der Waals surface area (Å²) in [5.41, 5.74) is 1.14. The molecular formula is C11H12N6. The minimum atomic E-state index is 0.569. The molecule has 0 spiro atoms. The van der Waals surface area contributed by atoms with Gasteiger partial charge < -0.3 is 10.3 Å². The van der Waals surface area contributed by atoms with Crippen molar-refractivity contribution < 1.29 is 0 Å². The molecule has 0 atom stereocenters. The van der Waals surface area contributed by atoms with Crippen molar-refractivity contribution in [1.29, 1.82) is 5.26 Å². The van der Waals surface area contributed by atoms with Crippen LogP contribution in [-0.2, 0) is 6.54 Å². The Morgan fingerprint density at radius 1 is 1.53 bits per heavy atom. The van der Waals surface area contributed by atoms with Gasteiger partial charge in [0.2, 0.25) is 0 Å². The van der Waals surface area contributed by atoms with E-state index >= 15 is 0 Å². The van der Waals surface area contributed by atoms with E-state index in [1.165, 1.54) is 11.2 Å². The molecule has 0 unspecified atom stereocenters. The first-order chi connectivity index (χ1) is 8.29. The maximum absolute atomic E-state index is 8.75. The summed E-state index contributed by atoms with van der Waals surface area (Å²) in [6.45, 7) is 0.677. The van der Waals surface area contributed by atoms with Crippen LogP contribution in [0.2, 0.25) is 0 Å². The van der Waals surface area contributed by atoms with Crippen molar-refractivity contribution in [3.63, 3.8) is 0 Å². The average Bonchev–Trinajstić information content (AvgIpc) is 2.89. The number of hydrogen-bond acceptors (Lipinski definition) is 5. The number of aromatic amines is 1. The van der Waals surface area contributed by atoms with E-state index in [1.54, 1.807) is 13.1 Å². The summed E-state index contributed by atoms with van der Waals surface area (Å²) < 4.78 is 0. The maximum atomic E-state index is 8.75. The third-order valence-electron chi connectivity index (χ3n) is 2.28. The summed E-state index contributed by atoms with van der Waals surface area (Å²) in [5, 5.41) is 11.9.